The monoisotopic (exact) mass is 259 g/mol. The molecule has 0 spiro atoms. The van der Waals surface area contributed by atoms with Crippen molar-refractivity contribution in [2.45, 2.75) is 6.92 Å². The first-order valence-corrected chi connectivity index (χ1v) is 6.24. The molecule has 0 N–H and O–H groups in total. The molecule has 0 aromatic heterocycles. The predicted molar refractivity (Wildman–Crippen MR) is 70.1 cm³/mol. The van der Waals surface area contributed by atoms with Crippen molar-refractivity contribution in [1.29, 1.82) is 0 Å². The van der Waals surface area contributed by atoms with Crippen LogP contribution in [0.2, 0.25) is 0 Å². The molecule has 0 fully saturated rings. The smallest absolute Gasteiger partial charge is 0.159 e. The zero-order valence-corrected chi connectivity index (χ0v) is 10.8. The van der Waals surface area contributed by atoms with Crippen molar-refractivity contribution in [3.05, 3.63) is 29.8 Å². The van der Waals surface area contributed by atoms with Crippen LogP contribution in [-0.4, -0.2) is 30.6 Å². The van der Waals surface area contributed by atoms with E-state index in [4.69, 9.17) is 23.2 Å². The highest BCUT2D eigenvalue weighted by Crippen LogP contribution is 2.15. The van der Waals surface area contributed by atoms with Gasteiger partial charge in [0.2, 0.25) is 0 Å². The van der Waals surface area contributed by atoms with Gasteiger partial charge in [0.05, 0.1) is 0 Å². The molecule has 1 aromatic rings. The number of carbonyl (C=O) groups is 1. The second-order valence-corrected chi connectivity index (χ2v) is 4.22. The summed E-state index contributed by atoms with van der Waals surface area (Å²) in [5, 5.41) is 0. The lowest BCUT2D eigenvalue weighted by Gasteiger charge is -2.22. The number of benzene rings is 1. The molecule has 0 saturated heterocycles. The molecule has 0 radical (unpaired) electrons. The van der Waals surface area contributed by atoms with E-state index >= 15 is 0 Å². The van der Waals surface area contributed by atoms with Crippen LogP contribution in [0.15, 0.2) is 24.3 Å². The summed E-state index contributed by atoms with van der Waals surface area (Å²) in [6.07, 6.45) is 0. The number of carbonyl (C=O) groups excluding carboxylic acids is 1. The van der Waals surface area contributed by atoms with Gasteiger partial charge in [-0.15, -0.1) is 23.2 Å². The van der Waals surface area contributed by atoms with Gasteiger partial charge in [-0.3, -0.25) is 4.79 Å². The molecule has 1 rings (SSSR count). The maximum atomic E-state index is 11.1. The van der Waals surface area contributed by atoms with Crippen LogP contribution < -0.4 is 4.90 Å². The zero-order chi connectivity index (χ0) is 12.0. The topological polar surface area (TPSA) is 20.3 Å². The quantitative estimate of drug-likeness (QED) is 0.578. The van der Waals surface area contributed by atoms with E-state index in [1.165, 1.54) is 0 Å². The lowest BCUT2D eigenvalue weighted by Crippen LogP contribution is -2.27. The van der Waals surface area contributed by atoms with Gasteiger partial charge in [0.25, 0.3) is 0 Å². The second-order valence-electron chi connectivity index (χ2n) is 3.47. The van der Waals surface area contributed by atoms with E-state index in [1.807, 2.05) is 24.3 Å². The van der Waals surface area contributed by atoms with Crippen LogP contribution in [0.5, 0.6) is 0 Å². The minimum absolute atomic E-state index is 0.0767. The summed E-state index contributed by atoms with van der Waals surface area (Å²) in [5.74, 6) is 1.20. The third-order valence-electron chi connectivity index (χ3n) is 2.35. The number of Topliss-reactive ketones (excluding diaryl/α,β-unsaturated/α-hetero) is 1. The summed E-state index contributed by atoms with van der Waals surface area (Å²) in [6.45, 7) is 3.08. The van der Waals surface area contributed by atoms with Crippen molar-refractivity contribution in [2.75, 3.05) is 29.7 Å². The van der Waals surface area contributed by atoms with Crippen molar-refractivity contribution in [2.24, 2.45) is 0 Å². The van der Waals surface area contributed by atoms with Gasteiger partial charge in [-0.05, 0) is 31.2 Å². The Morgan fingerprint density at radius 1 is 1.12 bits per heavy atom. The molecule has 0 saturated carbocycles. The molecule has 0 bridgehead atoms. The van der Waals surface area contributed by atoms with E-state index in [1.54, 1.807) is 6.92 Å². The molecule has 0 aliphatic carbocycles. The summed E-state index contributed by atoms with van der Waals surface area (Å²) in [4.78, 5) is 13.2. The number of nitrogens with zero attached hydrogens (tertiary/aromatic N) is 1. The van der Waals surface area contributed by atoms with Crippen LogP contribution in [0, 0.1) is 0 Å². The van der Waals surface area contributed by atoms with E-state index in [0.29, 0.717) is 11.8 Å². The Labute approximate surface area is 106 Å². The third-order valence-corrected chi connectivity index (χ3v) is 2.69. The molecule has 0 unspecified atom stereocenters. The minimum atomic E-state index is 0.0767. The average Bonchev–Trinajstić information content (AvgIpc) is 2.29. The standard InChI is InChI=1S/C12H15Cl2NO/c1-10(16)11-2-4-12(5-3-11)15(8-6-13)9-7-14/h2-5H,6-9H2,1H3. The normalized spacial score (nSPS) is 10.2. The van der Waals surface area contributed by atoms with E-state index in [0.717, 1.165) is 24.3 Å². The van der Waals surface area contributed by atoms with E-state index in [2.05, 4.69) is 4.90 Å². The molecular formula is C12H15Cl2NO. The summed E-state index contributed by atoms with van der Waals surface area (Å²) < 4.78 is 0. The van der Waals surface area contributed by atoms with Crippen molar-refractivity contribution in [3.63, 3.8) is 0 Å². The van der Waals surface area contributed by atoms with E-state index in [-0.39, 0.29) is 5.78 Å². The fourth-order valence-electron chi connectivity index (χ4n) is 1.48. The van der Waals surface area contributed by atoms with E-state index < -0.39 is 0 Å². The molecule has 2 nitrogen and oxygen atoms in total. The number of hydrogen-bond acceptors (Lipinski definition) is 2. The Bertz CT molecular complexity index is 331. The van der Waals surface area contributed by atoms with Gasteiger partial charge in [0.15, 0.2) is 5.78 Å². The fourth-order valence-corrected chi connectivity index (χ4v) is 1.89. The summed E-state index contributed by atoms with van der Waals surface area (Å²) in [7, 11) is 0. The molecule has 4 heteroatoms. The van der Waals surface area contributed by atoms with Gasteiger partial charge in [-0.1, -0.05) is 0 Å². The Hall–Kier alpha value is -0.730. The average molecular weight is 260 g/mol. The van der Waals surface area contributed by atoms with Crippen molar-refractivity contribution < 1.29 is 4.79 Å². The maximum Gasteiger partial charge on any atom is 0.159 e. The number of hydrogen-bond donors (Lipinski definition) is 0. The number of alkyl halides is 2. The van der Waals surface area contributed by atoms with Crippen molar-refractivity contribution in [1.82, 2.24) is 0 Å². The van der Waals surface area contributed by atoms with Gasteiger partial charge in [0, 0.05) is 36.1 Å². The highest BCUT2D eigenvalue weighted by molar-refractivity contribution is 6.18. The molecule has 0 aliphatic rings. The first-order chi connectivity index (χ1) is 7.69. The van der Waals surface area contributed by atoms with Crippen LogP contribution in [0.3, 0.4) is 0 Å². The van der Waals surface area contributed by atoms with Crippen LogP contribution in [-0.2, 0) is 0 Å². The first-order valence-electron chi connectivity index (χ1n) is 5.17. The SMILES string of the molecule is CC(=O)c1ccc(N(CCCl)CCCl)cc1. The second kappa shape index (κ2) is 6.77. The molecule has 1 aromatic carbocycles. The van der Waals surface area contributed by atoms with E-state index in [9.17, 15) is 4.79 Å². The maximum absolute atomic E-state index is 11.1. The number of anilines is 1. The van der Waals surface area contributed by atoms with Crippen LogP contribution in [0.1, 0.15) is 17.3 Å². The van der Waals surface area contributed by atoms with Crippen LogP contribution in [0.25, 0.3) is 0 Å². The van der Waals surface area contributed by atoms with Gasteiger partial charge < -0.3 is 4.90 Å². The van der Waals surface area contributed by atoms with Crippen LogP contribution in [0.4, 0.5) is 5.69 Å². The molecule has 0 atom stereocenters. The van der Waals surface area contributed by atoms with Gasteiger partial charge in [-0.25, -0.2) is 0 Å². The molecule has 88 valence electrons. The fraction of sp³-hybridized carbons (Fsp3) is 0.417. The van der Waals surface area contributed by atoms with Crippen molar-refractivity contribution >= 4 is 34.7 Å². The van der Waals surface area contributed by atoms with Crippen LogP contribution >= 0.6 is 23.2 Å². The molecule has 0 aliphatic heterocycles. The summed E-state index contributed by atoms with van der Waals surface area (Å²) in [6, 6.07) is 7.51. The molecule has 0 heterocycles. The molecule has 0 amide bonds. The highest BCUT2D eigenvalue weighted by atomic mass is 35.5. The van der Waals surface area contributed by atoms with Gasteiger partial charge in [-0.2, -0.15) is 0 Å². The Morgan fingerprint density at radius 3 is 2.00 bits per heavy atom. The number of halogens is 2. The number of rotatable bonds is 6. The first kappa shape index (κ1) is 13.3. The Balaban J connectivity index is 2.80. The van der Waals surface area contributed by atoms with Gasteiger partial charge in [0.1, 0.15) is 0 Å². The van der Waals surface area contributed by atoms with Crippen molar-refractivity contribution in [3.8, 4) is 0 Å². The zero-order valence-electron chi connectivity index (χ0n) is 9.25. The molecule has 16 heavy (non-hydrogen) atoms. The lowest BCUT2D eigenvalue weighted by atomic mass is 10.1. The summed E-state index contributed by atoms with van der Waals surface area (Å²) in [5.41, 5.74) is 1.77. The Morgan fingerprint density at radius 2 is 1.62 bits per heavy atom. The third kappa shape index (κ3) is 3.69. The highest BCUT2D eigenvalue weighted by Gasteiger charge is 2.06. The number of ketones is 1. The predicted octanol–water partition coefficient (Wildman–Crippen LogP) is 3.17. The summed E-state index contributed by atoms with van der Waals surface area (Å²) >= 11 is 11.4. The molecular weight excluding hydrogens is 245 g/mol. The Kier molecular flexibility index (Phi) is 5.64. The lowest BCUT2D eigenvalue weighted by molar-refractivity contribution is 0.101. The largest absolute Gasteiger partial charge is 0.369 e. The van der Waals surface area contributed by atoms with Gasteiger partial charge >= 0.3 is 0 Å². The minimum Gasteiger partial charge on any atom is -0.369 e.